The van der Waals surface area contributed by atoms with E-state index >= 15 is 0 Å². The molecule has 4 nitrogen and oxygen atoms in total. The van der Waals surface area contributed by atoms with E-state index in [4.69, 9.17) is 9.47 Å². The predicted molar refractivity (Wildman–Crippen MR) is 86.2 cm³/mol. The van der Waals surface area contributed by atoms with Crippen LogP contribution in [0.5, 0.6) is 11.5 Å². The first-order chi connectivity index (χ1) is 10.2. The molecule has 0 saturated carbocycles. The van der Waals surface area contributed by atoms with Crippen LogP contribution in [0.1, 0.15) is 29.6 Å². The summed E-state index contributed by atoms with van der Waals surface area (Å²) in [6, 6.07) is 5.99. The van der Waals surface area contributed by atoms with Gasteiger partial charge in [0.15, 0.2) is 0 Å². The molecule has 0 bridgehead atoms. The van der Waals surface area contributed by atoms with Gasteiger partial charge in [-0.1, -0.05) is 13.0 Å². The molecular formula is C16H22N2O2S. The molecule has 2 rings (SSSR count). The Morgan fingerprint density at radius 2 is 2.14 bits per heavy atom. The summed E-state index contributed by atoms with van der Waals surface area (Å²) in [5.41, 5.74) is 2.08. The van der Waals surface area contributed by atoms with E-state index in [1.807, 2.05) is 37.6 Å². The van der Waals surface area contributed by atoms with Gasteiger partial charge in [-0.25, -0.2) is 4.98 Å². The number of benzene rings is 1. The molecule has 0 atom stereocenters. The SMILES string of the molecule is CCCOc1ccc(CNC)c(OCc2csc(C)n2)c1. The molecule has 2 aromatic rings. The first kappa shape index (κ1) is 15.8. The summed E-state index contributed by atoms with van der Waals surface area (Å²) < 4.78 is 11.6. The van der Waals surface area contributed by atoms with Crippen LogP contribution in [0, 0.1) is 6.92 Å². The van der Waals surface area contributed by atoms with Gasteiger partial charge < -0.3 is 14.8 Å². The largest absolute Gasteiger partial charge is 0.493 e. The molecule has 0 unspecified atom stereocenters. The Morgan fingerprint density at radius 3 is 2.81 bits per heavy atom. The minimum atomic E-state index is 0.484. The van der Waals surface area contributed by atoms with E-state index in [9.17, 15) is 0 Å². The van der Waals surface area contributed by atoms with Crippen molar-refractivity contribution in [2.75, 3.05) is 13.7 Å². The van der Waals surface area contributed by atoms with Gasteiger partial charge in [-0.2, -0.15) is 0 Å². The molecule has 0 aliphatic heterocycles. The van der Waals surface area contributed by atoms with Gasteiger partial charge in [-0.05, 0) is 26.5 Å². The lowest BCUT2D eigenvalue weighted by atomic mass is 10.2. The van der Waals surface area contributed by atoms with E-state index < -0.39 is 0 Å². The molecule has 114 valence electrons. The van der Waals surface area contributed by atoms with Crippen molar-refractivity contribution < 1.29 is 9.47 Å². The molecule has 0 aliphatic carbocycles. The molecule has 1 heterocycles. The fourth-order valence-corrected chi connectivity index (χ4v) is 2.54. The van der Waals surface area contributed by atoms with Crippen molar-refractivity contribution in [3.05, 3.63) is 39.8 Å². The Labute approximate surface area is 130 Å². The number of rotatable bonds is 8. The zero-order chi connectivity index (χ0) is 15.1. The average molecular weight is 306 g/mol. The predicted octanol–water partition coefficient (Wildman–Crippen LogP) is 3.54. The maximum Gasteiger partial charge on any atom is 0.131 e. The molecular weight excluding hydrogens is 284 g/mol. The highest BCUT2D eigenvalue weighted by Crippen LogP contribution is 2.26. The van der Waals surface area contributed by atoms with Crippen molar-refractivity contribution in [2.24, 2.45) is 0 Å². The second kappa shape index (κ2) is 8.00. The molecule has 1 N–H and O–H groups in total. The number of hydrogen-bond donors (Lipinski definition) is 1. The van der Waals surface area contributed by atoms with E-state index in [2.05, 4.69) is 17.2 Å². The standard InChI is InChI=1S/C16H22N2O2S/c1-4-7-19-15-6-5-13(9-17-3)16(8-15)20-10-14-11-21-12(2)18-14/h5-6,8,11,17H,4,7,9-10H2,1-3H3. The van der Waals surface area contributed by atoms with Crippen molar-refractivity contribution in [3.8, 4) is 11.5 Å². The van der Waals surface area contributed by atoms with E-state index in [0.717, 1.165) is 47.3 Å². The number of thiazole rings is 1. The summed E-state index contributed by atoms with van der Waals surface area (Å²) >= 11 is 1.64. The Balaban J connectivity index is 2.09. The van der Waals surface area contributed by atoms with E-state index in [1.54, 1.807) is 11.3 Å². The molecule has 0 spiro atoms. The molecule has 21 heavy (non-hydrogen) atoms. The second-order valence-electron chi connectivity index (χ2n) is 4.79. The maximum atomic E-state index is 5.93. The van der Waals surface area contributed by atoms with Crippen LogP contribution in [0.4, 0.5) is 0 Å². The topological polar surface area (TPSA) is 43.4 Å². The summed E-state index contributed by atoms with van der Waals surface area (Å²) in [6.45, 7) is 6.06. The van der Waals surface area contributed by atoms with E-state index in [1.165, 1.54) is 0 Å². The van der Waals surface area contributed by atoms with Crippen LogP contribution in [-0.4, -0.2) is 18.6 Å². The number of nitrogens with one attached hydrogen (secondary N) is 1. The van der Waals surface area contributed by atoms with Crippen LogP contribution in [0.2, 0.25) is 0 Å². The zero-order valence-corrected chi connectivity index (χ0v) is 13.6. The van der Waals surface area contributed by atoms with Crippen LogP contribution in [0.15, 0.2) is 23.6 Å². The van der Waals surface area contributed by atoms with Crippen molar-refractivity contribution in [2.45, 2.75) is 33.4 Å². The third-order valence-corrected chi connectivity index (χ3v) is 3.74. The Kier molecular flexibility index (Phi) is 6.02. The van der Waals surface area contributed by atoms with Gasteiger partial charge >= 0.3 is 0 Å². The van der Waals surface area contributed by atoms with Gasteiger partial charge in [0.2, 0.25) is 0 Å². The molecule has 0 fully saturated rings. The first-order valence-electron chi connectivity index (χ1n) is 7.17. The highest BCUT2D eigenvalue weighted by Gasteiger charge is 2.07. The molecule has 0 aliphatic rings. The highest BCUT2D eigenvalue weighted by molar-refractivity contribution is 7.09. The first-order valence-corrected chi connectivity index (χ1v) is 8.05. The summed E-state index contributed by atoms with van der Waals surface area (Å²) in [5.74, 6) is 1.70. The van der Waals surface area contributed by atoms with Gasteiger partial charge in [0.05, 0.1) is 17.3 Å². The number of nitrogens with zero attached hydrogens (tertiary/aromatic N) is 1. The smallest absolute Gasteiger partial charge is 0.131 e. The Bertz CT molecular complexity index is 569. The second-order valence-corrected chi connectivity index (χ2v) is 5.86. The number of ether oxygens (including phenoxy) is 2. The Morgan fingerprint density at radius 1 is 1.29 bits per heavy atom. The fourth-order valence-electron chi connectivity index (χ4n) is 1.94. The molecule has 1 aromatic carbocycles. The van der Waals surface area contributed by atoms with Gasteiger partial charge in [-0.15, -0.1) is 11.3 Å². The van der Waals surface area contributed by atoms with Crippen molar-refractivity contribution in [1.82, 2.24) is 10.3 Å². The number of aromatic nitrogens is 1. The lowest BCUT2D eigenvalue weighted by Gasteiger charge is -2.13. The zero-order valence-electron chi connectivity index (χ0n) is 12.8. The quantitative estimate of drug-likeness (QED) is 0.810. The van der Waals surface area contributed by atoms with Crippen molar-refractivity contribution in [3.63, 3.8) is 0 Å². The van der Waals surface area contributed by atoms with Crippen LogP contribution < -0.4 is 14.8 Å². The summed E-state index contributed by atoms with van der Waals surface area (Å²) in [5, 5.41) is 6.25. The highest BCUT2D eigenvalue weighted by atomic mass is 32.1. The minimum Gasteiger partial charge on any atom is -0.493 e. The number of aryl methyl sites for hydroxylation is 1. The lowest BCUT2D eigenvalue weighted by Crippen LogP contribution is -2.08. The van der Waals surface area contributed by atoms with Gasteiger partial charge in [0.25, 0.3) is 0 Å². The summed E-state index contributed by atoms with van der Waals surface area (Å²) in [4.78, 5) is 4.42. The van der Waals surface area contributed by atoms with Crippen LogP contribution >= 0.6 is 11.3 Å². The monoisotopic (exact) mass is 306 g/mol. The number of hydrogen-bond acceptors (Lipinski definition) is 5. The molecule has 5 heteroatoms. The van der Waals surface area contributed by atoms with Crippen LogP contribution in [-0.2, 0) is 13.2 Å². The molecule has 0 amide bonds. The average Bonchev–Trinajstić information content (AvgIpc) is 2.90. The minimum absolute atomic E-state index is 0.484. The molecule has 0 radical (unpaired) electrons. The van der Waals surface area contributed by atoms with Gasteiger partial charge in [0.1, 0.15) is 18.1 Å². The normalized spacial score (nSPS) is 10.6. The van der Waals surface area contributed by atoms with E-state index in [0.29, 0.717) is 6.61 Å². The van der Waals surface area contributed by atoms with Crippen molar-refractivity contribution in [1.29, 1.82) is 0 Å². The fraction of sp³-hybridized carbons (Fsp3) is 0.438. The van der Waals surface area contributed by atoms with Gasteiger partial charge in [0, 0.05) is 23.6 Å². The third-order valence-electron chi connectivity index (χ3n) is 2.92. The summed E-state index contributed by atoms with van der Waals surface area (Å²) in [7, 11) is 1.93. The van der Waals surface area contributed by atoms with E-state index in [-0.39, 0.29) is 0 Å². The van der Waals surface area contributed by atoms with Crippen LogP contribution in [0.25, 0.3) is 0 Å². The lowest BCUT2D eigenvalue weighted by molar-refractivity contribution is 0.289. The summed E-state index contributed by atoms with van der Waals surface area (Å²) in [6.07, 6.45) is 0.993. The molecule has 1 aromatic heterocycles. The van der Waals surface area contributed by atoms with Gasteiger partial charge in [-0.3, -0.25) is 0 Å². The Hall–Kier alpha value is -1.59. The molecule has 0 saturated heterocycles. The van der Waals surface area contributed by atoms with Crippen LogP contribution in [0.3, 0.4) is 0 Å². The third kappa shape index (κ3) is 4.72. The van der Waals surface area contributed by atoms with Crippen molar-refractivity contribution >= 4 is 11.3 Å². The maximum absolute atomic E-state index is 5.93.